The smallest absolute Gasteiger partial charge is 0.0899 e. The highest BCUT2D eigenvalue weighted by Gasteiger charge is 2.28. The van der Waals surface area contributed by atoms with Gasteiger partial charge in [-0.3, -0.25) is 4.90 Å². The summed E-state index contributed by atoms with van der Waals surface area (Å²) in [5.74, 6) is 0. The van der Waals surface area contributed by atoms with Gasteiger partial charge < -0.3 is 10.5 Å². The van der Waals surface area contributed by atoms with E-state index in [0.717, 1.165) is 13.2 Å². The van der Waals surface area contributed by atoms with E-state index in [1.807, 2.05) is 0 Å². The van der Waals surface area contributed by atoms with Crippen LogP contribution < -0.4 is 5.73 Å². The molecule has 0 saturated carbocycles. The lowest BCUT2D eigenvalue weighted by molar-refractivity contribution is -0.0542. The van der Waals surface area contributed by atoms with Crippen molar-refractivity contribution in [3.63, 3.8) is 0 Å². The molecule has 1 aliphatic rings. The summed E-state index contributed by atoms with van der Waals surface area (Å²) in [6, 6.07) is 0.587. The Morgan fingerprint density at radius 3 is 2.77 bits per heavy atom. The van der Waals surface area contributed by atoms with E-state index in [9.17, 15) is 0 Å². The van der Waals surface area contributed by atoms with Crippen molar-refractivity contribution in [2.45, 2.75) is 39.0 Å². The fraction of sp³-hybridized carbons (Fsp3) is 0.889. The lowest BCUT2D eigenvalue weighted by atomic mass is 10.1. The van der Waals surface area contributed by atoms with E-state index in [0.29, 0.717) is 11.0 Å². The molecule has 0 aromatic heterocycles. The van der Waals surface area contributed by atoms with Crippen LogP contribution in [0.4, 0.5) is 0 Å². The predicted molar refractivity (Wildman–Crippen MR) is 57.8 cm³/mol. The third-order valence-corrected chi connectivity index (χ3v) is 2.91. The Kier molecular flexibility index (Phi) is 3.64. The second-order valence-electron chi connectivity index (χ2n) is 3.77. The first-order valence-electron chi connectivity index (χ1n) is 4.69. The number of ether oxygens (including phenoxy) is 1. The summed E-state index contributed by atoms with van der Waals surface area (Å²) >= 11 is 4.99. The van der Waals surface area contributed by atoms with Crippen molar-refractivity contribution in [3.8, 4) is 0 Å². The summed E-state index contributed by atoms with van der Waals surface area (Å²) in [7, 11) is 0. The van der Waals surface area contributed by atoms with E-state index < -0.39 is 0 Å². The summed E-state index contributed by atoms with van der Waals surface area (Å²) in [5.41, 5.74) is 5.62. The third-order valence-electron chi connectivity index (χ3n) is 2.57. The minimum absolute atomic E-state index is 0.177. The summed E-state index contributed by atoms with van der Waals surface area (Å²) in [6.45, 7) is 7.95. The number of nitrogens with two attached hydrogens (primary N) is 1. The molecule has 0 spiro atoms. The number of nitrogens with zero attached hydrogens (tertiary/aromatic N) is 1. The molecular formula is C9H18N2OS. The summed E-state index contributed by atoms with van der Waals surface area (Å²) in [6.07, 6.45) is 0.285. The molecule has 0 bridgehead atoms. The molecule has 0 amide bonds. The maximum absolute atomic E-state index is 5.62. The average molecular weight is 202 g/mol. The topological polar surface area (TPSA) is 38.5 Å². The molecule has 1 fully saturated rings. The summed E-state index contributed by atoms with van der Waals surface area (Å²) in [5, 5.41) is 0. The van der Waals surface area contributed by atoms with Gasteiger partial charge in [0.2, 0.25) is 0 Å². The monoisotopic (exact) mass is 202 g/mol. The van der Waals surface area contributed by atoms with Crippen molar-refractivity contribution < 1.29 is 4.74 Å². The Balaban J connectivity index is 2.60. The quantitative estimate of drug-likeness (QED) is 0.671. The molecular weight excluding hydrogens is 184 g/mol. The Labute approximate surface area is 85.2 Å². The van der Waals surface area contributed by atoms with Gasteiger partial charge in [0.25, 0.3) is 0 Å². The Hall–Kier alpha value is -0.190. The molecule has 76 valence electrons. The van der Waals surface area contributed by atoms with Crippen molar-refractivity contribution >= 4 is 17.2 Å². The Morgan fingerprint density at radius 2 is 2.23 bits per heavy atom. The van der Waals surface area contributed by atoms with E-state index in [2.05, 4.69) is 25.7 Å². The zero-order valence-electron chi connectivity index (χ0n) is 8.49. The van der Waals surface area contributed by atoms with Crippen LogP contribution in [0.5, 0.6) is 0 Å². The molecule has 1 rings (SSSR count). The number of hydrogen-bond acceptors (Lipinski definition) is 3. The molecule has 3 nitrogen and oxygen atoms in total. The molecule has 2 N–H and O–H groups in total. The molecule has 0 radical (unpaired) electrons. The molecule has 3 unspecified atom stereocenters. The van der Waals surface area contributed by atoms with Crippen molar-refractivity contribution in [3.05, 3.63) is 0 Å². The van der Waals surface area contributed by atoms with Crippen molar-refractivity contribution in [1.82, 2.24) is 4.90 Å². The van der Waals surface area contributed by atoms with Crippen molar-refractivity contribution in [2.75, 3.05) is 13.2 Å². The maximum atomic E-state index is 5.62. The molecule has 1 heterocycles. The minimum atomic E-state index is 0.177. The predicted octanol–water partition coefficient (Wildman–Crippen LogP) is 0.770. The fourth-order valence-corrected chi connectivity index (χ4v) is 1.77. The Morgan fingerprint density at radius 1 is 1.62 bits per heavy atom. The number of rotatable bonds is 2. The van der Waals surface area contributed by atoms with Crippen LogP contribution in [0.3, 0.4) is 0 Å². The van der Waals surface area contributed by atoms with E-state index in [1.165, 1.54) is 0 Å². The molecule has 0 aliphatic carbocycles. The van der Waals surface area contributed by atoms with Crippen molar-refractivity contribution in [1.29, 1.82) is 0 Å². The first kappa shape index (κ1) is 10.9. The van der Waals surface area contributed by atoms with E-state index in [-0.39, 0.29) is 12.1 Å². The second-order valence-corrected chi connectivity index (χ2v) is 4.24. The van der Waals surface area contributed by atoms with Crippen molar-refractivity contribution in [2.24, 2.45) is 5.73 Å². The van der Waals surface area contributed by atoms with E-state index in [1.54, 1.807) is 0 Å². The summed E-state index contributed by atoms with van der Waals surface area (Å²) in [4.78, 5) is 2.87. The highest BCUT2D eigenvalue weighted by atomic mass is 32.1. The van der Waals surface area contributed by atoms with Gasteiger partial charge in [0.1, 0.15) is 0 Å². The standard InChI is InChI=1S/C9H18N2OS/c1-6-5-12-7(2)4-11(6)8(3)9(10)13/h6-8H,4-5H2,1-3H3,(H2,10,13). The third kappa shape index (κ3) is 2.62. The lowest BCUT2D eigenvalue weighted by Gasteiger charge is -2.40. The van der Waals surface area contributed by atoms with Gasteiger partial charge in [0.15, 0.2) is 0 Å². The van der Waals surface area contributed by atoms with Gasteiger partial charge in [-0.05, 0) is 20.8 Å². The largest absolute Gasteiger partial charge is 0.392 e. The zero-order chi connectivity index (χ0) is 10.0. The summed E-state index contributed by atoms with van der Waals surface area (Å²) < 4.78 is 5.52. The molecule has 0 aromatic carbocycles. The molecule has 13 heavy (non-hydrogen) atoms. The van der Waals surface area contributed by atoms with Gasteiger partial charge in [-0.1, -0.05) is 12.2 Å². The first-order chi connectivity index (χ1) is 6.02. The average Bonchev–Trinajstić information content (AvgIpc) is 2.08. The van der Waals surface area contributed by atoms with Gasteiger partial charge in [-0.15, -0.1) is 0 Å². The van der Waals surface area contributed by atoms with Crippen LogP contribution >= 0.6 is 12.2 Å². The fourth-order valence-electron chi connectivity index (χ4n) is 1.63. The van der Waals surface area contributed by atoms with Gasteiger partial charge in [-0.25, -0.2) is 0 Å². The van der Waals surface area contributed by atoms with Crippen LogP contribution in [0.1, 0.15) is 20.8 Å². The number of thiocarbonyl (C=S) groups is 1. The van der Waals surface area contributed by atoms with Gasteiger partial charge in [-0.2, -0.15) is 0 Å². The van der Waals surface area contributed by atoms with Crippen LogP contribution in [-0.4, -0.2) is 41.2 Å². The number of hydrogen-bond donors (Lipinski definition) is 1. The van der Waals surface area contributed by atoms with Gasteiger partial charge in [0, 0.05) is 12.6 Å². The highest BCUT2D eigenvalue weighted by molar-refractivity contribution is 7.80. The van der Waals surface area contributed by atoms with Gasteiger partial charge in [0.05, 0.1) is 23.7 Å². The minimum Gasteiger partial charge on any atom is -0.392 e. The lowest BCUT2D eigenvalue weighted by Crippen LogP contribution is -2.54. The Bertz CT molecular complexity index is 198. The second kappa shape index (κ2) is 4.35. The van der Waals surface area contributed by atoms with Crippen LogP contribution in [0.25, 0.3) is 0 Å². The van der Waals surface area contributed by atoms with Crippen LogP contribution in [-0.2, 0) is 4.74 Å². The molecule has 3 atom stereocenters. The van der Waals surface area contributed by atoms with Crippen LogP contribution in [0.15, 0.2) is 0 Å². The van der Waals surface area contributed by atoms with Crippen LogP contribution in [0, 0.1) is 0 Å². The van der Waals surface area contributed by atoms with E-state index >= 15 is 0 Å². The number of morpholine rings is 1. The van der Waals surface area contributed by atoms with E-state index in [4.69, 9.17) is 22.7 Å². The highest BCUT2D eigenvalue weighted by Crippen LogP contribution is 2.14. The molecule has 1 saturated heterocycles. The normalized spacial score (nSPS) is 32.8. The molecule has 0 aromatic rings. The maximum Gasteiger partial charge on any atom is 0.0899 e. The molecule has 4 heteroatoms. The molecule has 1 aliphatic heterocycles. The first-order valence-corrected chi connectivity index (χ1v) is 5.10. The van der Waals surface area contributed by atoms with Crippen LogP contribution in [0.2, 0.25) is 0 Å². The zero-order valence-corrected chi connectivity index (χ0v) is 9.30. The van der Waals surface area contributed by atoms with Gasteiger partial charge >= 0.3 is 0 Å². The SMILES string of the molecule is CC1CN(C(C)C(N)=S)C(C)CO1.